The Labute approximate surface area is 103 Å². The predicted octanol–water partition coefficient (Wildman–Crippen LogP) is 0.284. The minimum atomic E-state index is -4.47. The molecular formula is C10H17F3N2O3. The second-order valence-electron chi connectivity index (χ2n) is 4.03. The van der Waals surface area contributed by atoms with Crippen molar-refractivity contribution in [2.24, 2.45) is 0 Å². The fourth-order valence-electron chi connectivity index (χ4n) is 1.08. The van der Waals surface area contributed by atoms with Crippen LogP contribution in [0.4, 0.5) is 13.2 Å². The number of hydrogen-bond acceptors (Lipinski definition) is 3. The first-order chi connectivity index (χ1) is 8.11. The Bertz CT molecular complexity index is 293. The molecule has 18 heavy (non-hydrogen) atoms. The van der Waals surface area contributed by atoms with Gasteiger partial charge in [0.05, 0.1) is 12.6 Å². The molecule has 1 unspecified atom stereocenters. The van der Waals surface area contributed by atoms with E-state index in [-0.39, 0.29) is 12.8 Å². The van der Waals surface area contributed by atoms with E-state index in [0.29, 0.717) is 0 Å². The standard InChI is InChI=1S/C10H17F3N2O3/c1-7(16)3-4-9(18)15(2)5-8(17)14-6-10(11,12)13/h7,16H,3-6H2,1-2H3,(H,14,17). The molecule has 0 saturated carbocycles. The third kappa shape index (κ3) is 8.80. The molecule has 0 spiro atoms. The Balaban J connectivity index is 3.96. The van der Waals surface area contributed by atoms with Gasteiger partial charge in [0.25, 0.3) is 0 Å². The molecule has 8 heteroatoms. The predicted molar refractivity (Wildman–Crippen MR) is 57.6 cm³/mol. The zero-order valence-electron chi connectivity index (χ0n) is 10.3. The maximum atomic E-state index is 11.8. The third-order valence-corrected chi connectivity index (χ3v) is 2.07. The van der Waals surface area contributed by atoms with E-state index in [1.807, 2.05) is 0 Å². The molecule has 0 radical (unpaired) electrons. The van der Waals surface area contributed by atoms with Gasteiger partial charge in [-0.1, -0.05) is 0 Å². The number of aliphatic hydroxyl groups is 1. The van der Waals surface area contributed by atoms with Gasteiger partial charge in [-0.05, 0) is 13.3 Å². The maximum Gasteiger partial charge on any atom is 0.405 e. The summed E-state index contributed by atoms with van der Waals surface area (Å²) in [4.78, 5) is 23.5. The molecule has 0 aliphatic rings. The van der Waals surface area contributed by atoms with E-state index < -0.39 is 37.2 Å². The SMILES string of the molecule is CC(O)CCC(=O)N(C)CC(=O)NCC(F)(F)F. The van der Waals surface area contributed by atoms with Crippen LogP contribution < -0.4 is 5.32 Å². The van der Waals surface area contributed by atoms with Gasteiger partial charge in [-0.3, -0.25) is 9.59 Å². The van der Waals surface area contributed by atoms with E-state index in [4.69, 9.17) is 5.11 Å². The van der Waals surface area contributed by atoms with Crippen molar-refractivity contribution in [1.29, 1.82) is 0 Å². The lowest BCUT2D eigenvalue weighted by molar-refractivity contribution is -0.141. The summed E-state index contributed by atoms with van der Waals surface area (Å²) in [5.41, 5.74) is 0. The smallest absolute Gasteiger partial charge is 0.393 e. The molecule has 0 aliphatic carbocycles. The highest BCUT2D eigenvalue weighted by Gasteiger charge is 2.28. The molecule has 106 valence electrons. The van der Waals surface area contributed by atoms with Crippen molar-refractivity contribution in [2.45, 2.75) is 32.0 Å². The Hall–Kier alpha value is -1.31. The molecule has 0 aliphatic heterocycles. The van der Waals surface area contributed by atoms with E-state index in [0.717, 1.165) is 4.90 Å². The van der Waals surface area contributed by atoms with Crippen molar-refractivity contribution in [3.8, 4) is 0 Å². The third-order valence-electron chi connectivity index (χ3n) is 2.07. The summed E-state index contributed by atoms with van der Waals surface area (Å²) in [6, 6.07) is 0. The minimum Gasteiger partial charge on any atom is -0.393 e. The van der Waals surface area contributed by atoms with Gasteiger partial charge in [0.1, 0.15) is 6.54 Å². The number of likely N-dealkylation sites (N-methyl/N-ethyl adjacent to an activating group) is 1. The topological polar surface area (TPSA) is 69.6 Å². The number of alkyl halides is 3. The van der Waals surface area contributed by atoms with Gasteiger partial charge in [0.2, 0.25) is 11.8 Å². The average molecular weight is 270 g/mol. The molecule has 0 saturated heterocycles. The zero-order chi connectivity index (χ0) is 14.3. The molecule has 0 fully saturated rings. The quantitative estimate of drug-likeness (QED) is 0.728. The first-order valence-corrected chi connectivity index (χ1v) is 5.37. The number of carbonyl (C=O) groups excluding carboxylic acids is 2. The van der Waals surface area contributed by atoms with E-state index in [1.54, 1.807) is 5.32 Å². The highest BCUT2D eigenvalue weighted by atomic mass is 19.4. The molecule has 0 bridgehead atoms. The Kier molecular flexibility index (Phi) is 6.67. The van der Waals surface area contributed by atoms with E-state index in [9.17, 15) is 22.8 Å². The number of carbonyl (C=O) groups is 2. The van der Waals surface area contributed by atoms with Crippen molar-refractivity contribution in [1.82, 2.24) is 10.2 Å². The van der Waals surface area contributed by atoms with Crippen molar-refractivity contribution in [3.05, 3.63) is 0 Å². The lowest BCUT2D eigenvalue weighted by atomic mass is 10.2. The number of hydrogen-bond donors (Lipinski definition) is 2. The summed E-state index contributed by atoms with van der Waals surface area (Å²) in [6.45, 7) is -0.334. The highest BCUT2D eigenvalue weighted by molar-refractivity contribution is 5.84. The lowest BCUT2D eigenvalue weighted by Crippen LogP contribution is -2.41. The summed E-state index contributed by atoms with van der Waals surface area (Å²) >= 11 is 0. The van der Waals surface area contributed by atoms with Crippen LogP contribution in [0.3, 0.4) is 0 Å². The fraction of sp³-hybridized carbons (Fsp3) is 0.800. The second kappa shape index (κ2) is 7.20. The van der Waals surface area contributed by atoms with Crippen molar-refractivity contribution >= 4 is 11.8 Å². The van der Waals surface area contributed by atoms with Gasteiger partial charge in [0.15, 0.2) is 0 Å². The van der Waals surface area contributed by atoms with Crippen LogP contribution in [-0.2, 0) is 9.59 Å². The lowest BCUT2D eigenvalue weighted by Gasteiger charge is -2.17. The van der Waals surface area contributed by atoms with E-state index >= 15 is 0 Å². The number of halogens is 3. The highest BCUT2D eigenvalue weighted by Crippen LogP contribution is 2.12. The summed E-state index contributed by atoms with van der Waals surface area (Å²) in [6.07, 6.45) is -4.82. The molecule has 1 atom stereocenters. The number of nitrogens with one attached hydrogen (secondary N) is 1. The monoisotopic (exact) mass is 270 g/mol. The van der Waals surface area contributed by atoms with Crippen LogP contribution in [-0.4, -0.2) is 54.2 Å². The van der Waals surface area contributed by atoms with Crippen molar-refractivity contribution < 1.29 is 27.9 Å². The van der Waals surface area contributed by atoms with E-state index in [2.05, 4.69) is 0 Å². The Morgan fingerprint density at radius 1 is 1.39 bits per heavy atom. The molecular weight excluding hydrogens is 253 g/mol. The van der Waals surface area contributed by atoms with Crippen molar-refractivity contribution in [3.63, 3.8) is 0 Å². The van der Waals surface area contributed by atoms with Crippen LogP contribution in [0, 0.1) is 0 Å². The van der Waals surface area contributed by atoms with Gasteiger partial charge in [-0.2, -0.15) is 13.2 Å². The van der Waals surface area contributed by atoms with Gasteiger partial charge in [-0.25, -0.2) is 0 Å². The molecule has 2 N–H and O–H groups in total. The zero-order valence-corrected chi connectivity index (χ0v) is 10.3. The summed E-state index contributed by atoms with van der Waals surface area (Å²) < 4.78 is 35.4. The Morgan fingerprint density at radius 3 is 2.39 bits per heavy atom. The van der Waals surface area contributed by atoms with Crippen LogP contribution in [0.5, 0.6) is 0 Å². The van der Waals surface area contributed by atoms with Crippen molar-refractivity contribution in [2.75, 3.05) is 20.1 Å². The van der Waals surface area contributed by atoms with E-state index in [1.165, 1.54) is 14.0 Å². The molecule has 0 aromatic heterocycles. The van der Waals surface area contributed by atoms with Gasteiger partial charge in [-0.15, -0.1) is 0 Å². The number of rotatable bonds is 6. The van der Waals surface area contributed by atoms with Gasteiger partial charge in [0, 0.05) is 13.5 Å². The molecule has 0 aromatic rings. The number of nitrogens with zero attached hydrogens (tertiary/aromatic N) is 1. The molecule has 0 heterocycles. The van der Waals surface area contributed by atoms with Crippen LogP contribution in [0.1, 0.15) is 19.8 Å². The van der Waals surface area contributed by atoms with Gasteiger partial charge < -0.3 is 15.3 Å². The minimum absolute atomic E-state index is 0.0424. The molecule has 0 rings (SSSR count). The maximum absolute atomic E-state index is 11.8. The second-order valence-corrected chi connectivity index (χ2v) is 4.03. The van der Waals surface area contributed by atoms with Crippen LogP contribution in [0.25, 0.3) is 0 Å². The number of amides is 2. The first kappa shape index (κ1) is 16.7. The summed E-state index contributed by atoms with van der Waals surface area (Å²) in [5.74, 6) is -1.28. The van der Waals surface area contributed by atoms with Crippen LogP contribution in [0.15, 0.2) is 0 Å². The Morgan fingerprint density at radius 2 is 1.94 bits per heavy atom. The number of aliphatic hydroxyl groups excluding tert-OH is 1. The average Bonchev–Trinajstić information content (AvgIpc) is 2.21. The summed E-state index contributed by atoms with van der Waals surface area (Å²) in [5, 5.41) is 10.6. The van der Waals surface area contributed by atoms with Crippen LogP contribution >= 0.6 is 0 Å². The van der Waals surface area contributed by atoms with Crippen LogP contribution in [0.2, 0.25) is 0 Å². The largest absolute Gasteiger partial charge is 0.405 e. The summed E-state index contributed by atoms with van der Waals surface area (Å²) in [7, 11) is 1.32. The van der Waals surface area contributed by atoms with Gasteiger partial charge >= 0.3 is 6.18 Å². The normalized spacial score (nSPS) is 13.0. The fourth-order valence-corrected chi connectivity index (χ4v) is 1.08. The molecule has 0 aromatic carbocycles. The first-order valence-electron chi connectivity index (χ1n) is 5.37. The molecule has 5 nitrogen and oxygen atoms in total. The molecule has 2 amide bonds.